The molecule has 0 saturated heterocycles. The molecule has 0 aliphatic carbocycles. The van der Waals surface area contributed by atoms with Gasteiger partial charge in [-0.25, -0.2) is 4.79 Å². The molecule has 0 spiro atoms. The molecule has 0 rings (SSSR count). The molecule has 5 nitrogen and oxygen atoms in total. The second kappa shape index (κ2) is 5.80. The van der Waals surface area contributed by atoms with Crippen LogP contribution in [-0.4, -0.2) is 28.6 Å². The van der Waals surface area contributed by atoms with E-state index in [9.17, 15) is 9.59 Å². The predicted octanol–water partition coefficient (Wildman–Crippen LogP) is 1.02. The number of carbonyl (C=O) groups is 2. The summed E-state index contributed by atoms with van der Waals surface area (Å²) in [5, 5.41) is 18.1. The Morgan fingerprint density at radius 2 is 1.71 bits per heavy atom. The van der Waals surface area contributed by atoms with Crippen LogP contribution in [0.3, 0.4) is 0 Å². The number of ketones is 1. The van der Waals surface area contributed by atoms with Crippen LogP contribution >= 0.6 is 0 Å². The molecule has 0 saturated carbocycles. The Bertz CT molecular complexity index is 288. The molecule has 0 atom stereocenters. The second-order valence-electron chi connectivity index (χ2n) is 2.42. The van der Waals surface area contributed by atoms with E-state index in [1.807, 2.05) is 0 Å². The van der Waals surface area contributed by atoms with Gasteiger partial charge in [0.1, 0.15) is 0 Å². The van der Waals surface area contributed by atoms with Gasteiger partial charge in [0.25, 0.3) is 0 Å². The van der Waals surface area contributed by atoms with E-state index in [1.54, 1.807) is 6.92 Å². The number of aliphatic hydroxyl groups is 2. The maximum atomic E-state index is 10.8. The standard InChI is InChI=1S/C9H12O5/c1-3-14-9(13)5-8(12)7(11)4-6(2)10/h4-5,11-12H,3H2,1-2H3. The van der Waals surface area contributed by atoms with Crippen molar-refractivity contribution in [1.82, 2.24) is 0 Å². The largest absolute Gasteiger partial charge is 0.504 e. The van der Waals surface area contributed by atoms with Gasteiger partial charge in [-0.15, -0.1) is 0 Å². The number of carbonyl (C=O) groups excluding carboxylic acids is 2. The second-order valence-corrected chi connectivity index (χ2v) is 2.42. The molecule has 0 aromatic heterocycles. The molecule has 0 fully saturated rings. The van der Waals surface area contributed by atoms with Gasteiger partial charge in [-0.05, 0) is 13.8 Å². The molecule has 0 unspecified atom stereocenters. The third-order valence-electron chi connectivity index (χ3n) is 1.14. The van der Waals surface area contributed by atoms with Crippen molar-refractivity contribution in [1.29, 1.82) is 0 Å². The Hall–Kier alpha value is -1.78. The molecule has 0 aliphatic heterocycles. The fourth-order valence-electron chi connectivity index (χ4n) is 0.636. The molecule has 0 bridgehead atoms. The van der Waals surface area contributed by atoms with Crippen LogP contribution in [0.5, 0.6) is 0 Å². The normalized spacial score (nSPS) is 12.4. The Morgan fingerprint density at radius 3 is 2.14 bits per heavy atom. The zero-order chi connectivity index (χ0) is 11.1. The Balaban J connectivity index is 4.52. The average Bonchev–Trinajstić information content (AvgIpc) is 2.02. The highest BCUT2D eigenvalue weighted by Crippen LogP contribution is 2.02. The predicted molar refractivity (Wildman–Crippen MR) is 48.7 cm³/mol. The summed E-state index contributed by atoms with van der Waals surface area (Å²) in [4.78, 5) is 21.2. The first-order chi connectivity index (χ1) is 6.47. The highest BCUT2D eigenvalue weighted by atomic mass is 16.5. The maximum Gasteiger partial charge on any atom is 0.334 e. The third kappa shape index (κ3) is 4.97. The Morgan fingerprint density at radius 1 is 1.21 bits per heavy atom. The van der Waals surface area contributed by atoms with Gasteiger partial charge in [0, 0.05) is 6.08 Å². The van der Waals surface area contributed by atoms with Crippen molar-refractivity contribution in [3.8, 4) is 0 Å². The number of aliphatic hydroxyl groups excluding tert-OH is 2. The van der Waals surface area contributed by atoms with Gasteiger partial charge in [0.15, 0.2) is 17.3 Å². The molecular weight excluding hydrogens is 188 g/mol. The van der Waals surface area contributed by atoms with Crippen LogP contribution in [0.2, 0.25) is 0 Å². The van der Waals surface area contributed by atoms with E-state index in [1.165, 1.54) is 6.92 Å². The van der Waals surface area contributed by atoms with Gasteiger partial charge in [0.05, 0.1) is 12.7 Å². The van der Waals surface area contributed by atoms with Crippen molar-refractivity contribution in [3.05, 3.63) is 23.7 Å². The van der Waals surface area contributed by atoms with Crippen LogP contribution in [-0.2, 0) is 14.3 Å². The van der Waals surface area contributed by atoms with Gasteiger partial charge < -0.3 is 14.9 Å². The smallest absolute Gasteiger partial charge is 0.334 e. The van der Waals surface area contributed by atoms with E-state index < -0.39 is 23.3 Å². The van der Waals surface area contributed by atoms with Crippen LogP contribution in [0.1, 0.15) is 13.8 Å². The molecule has 2 N–H and O–H groups in total. The topological polar surface area (TPSA) is 83.8 Å². The number of esters is 1. The summed E-state index contributed by atoms with van der Waals surface area (Å²) in [5.74, 6) is -2.58. The molecule has 5 heteroatoms. The van der Waals surface area contributed by atoms with Crippen molar-refractivity contribution in [3.63, 3.8) is 0 Å². The number of rotatable bonds is 4. The minimum absolute atomic E-state index is 0.166. The first-order valence-electron chi connectivity index (χ1n) is 3.96. The average molecular weight is 200 g/mol. The van der Waals surface area contributed by atoms with E-state index in [0.717, 1.165) is 6.08 Å². The quantitative estimate of drug-likeness (QED) is 0.306. The van der Waals surface area contributed by atoms with Crippen LogP contribution in [0.15, 0.2) is 23.7 Å². The lowest BCUT2D eigenvalue weighted by atomic mass is 10.3. The molecule has 78 valence electrons. The zero-order valence-corrected chi connectivity index (χ0v) is 7.98. The number of allylic oxidation sites excluding steroid dienone is 1. The first-order valence-corrected chi connectivity index (χ1v) is 3.96. The van der Waals surface area contributed by atoms with Crippen molar-refractivity contribution >= 4 is 11.8 Å². The maximum absolute atomic E-state index is 10.8. The summed E-state index contributed by atoms with van der Waals surface area (Å²) in [6.45, 7) is 2.97. The summed E-state index contributed by atoms with van der Waals surface area (Å²) in [6.07, 6.45) is 1.49. The SMILES string of the molecule is CCOC(=O)C=C(O)C(O)=CC(C)=O. The molecule has 0 aromatic carbocycles. The zero-order valence-electron chi connectivity index (χ0n) is 7.98. The van der Waals surface area contributed by atoms with Gasteiger partial charge in [-0.3, -0.25) is 4.79 Å². The van der Waals surface area contributed by atoms with E-state index in [-0.39, 0.29) is 6.61 Å². The minimum Gasteiger partial charge on any atom is -0.504 e. The van der Waals surface area contributed by atoms with Crippen LogP contribution in [0.25, 0.3) is 0 Å². The van der Waals surface area contributed by atoms with E-state index in [0.29, 0.717) is 6.08 Å². The molecule has 0 amide bonds. The van der Waals surface area contributed by atoms with Gasteiger partial charge in [-0.1, -0.05) is 0 Å². The van der Waals surface area contributed by atoms with Gasteiger partial charge in [0.2, 0.25) is 0 Å². The summed E-state index contributed by atoms with van der Waals surface area (Å²) in [5.41, 5.74) is 0. The fraction of sp³-hybridized carbons (Fsp3) is 0.333. The molecule has 0 heterocycles. The highest BCUT2D eigenvalue weighted by molar-refractivity contribution is 5.89. The van der Waals surface area contributed by atoms with Crippen LogP contribution in [0, 0.1) is 0 Å². The first kappa shape index (κ1) is 12.2. The molecule has 0 aromatic rings. The summed E-state index contributed by atoms with van der Waals surface area (Å²) in [7, 11) is 0. The van der Waals surface area contributed by atoms with Crippen molar-refractivity contribution in [2.75, 3.05) is 6.61 Å². The molecule has 0 aliphatic rings. The highest BCUT2D eigenvalue weighted by Gasteiger charge is 2.05. The monoisotopic (exact) mass is 200 g/mol. The lowest BCUT2D eigenvalue weighted by Crippen LogP contribution is -2.02. The van der Waals surface area contributed by atoms with Gasteiger partial charge >= 0.3 is 5.97 Å². The summed E-state index contributed by atoms with van der Waals surface area (Å²) < 4.78 is 4.47. The number of hydrogen-bond donors (Lipinski definition) is 2. The van der Waals surface area contributed by atoms with Crippen molar-refractivity contribution in [2.24, 2.45) is 0 Å². The Kier molecular flexibility index (Phi) is 5.06. The molecule has 14 heavy (non-hydrogen) atoms. The van der Waals surface area contributed by atoms with Crippen LogP contribution < -0.4 is 0 Å². The van der Waals surface area contributed by atoms with E-state index in [4.69, 9.17) is 10.2 Å². The van der Waals surface area contributed by atoms with E-state index in [2.05, 4.69) is 4.74 Å². The number of ether oxygens (including phenoxy) is 1. The van der Waals surface area contributed by atoms with Crippen molar-refractivity contribution in [2.45, 2.75) is 13.8 Å². The minimum atomic E-state index is -0.784. The number of hydrogen-bond acceptors (Lipinski definition) is 5. The lowest BCUT2D eigenvalue weighted by Gasteiger charge is -1.98. The van der Waals surface area contributed by atoms with Crippen molar-refractivity contribution < 1.29 is 24.5 Å². The van der Waals surface area contributed by atoms with Gasteiger partial charge in [-0.2, -0.15) is 0 Å². The Labute approximate surface area is 81.3 Å². The molecular formula is C9H12O5. The lowest BCUT2D eigenvalue weighted by molar-refractivity contribution is -0.137. The molecule has 0 radical (unpaired) electrons. The summed E-state index contributed by atoms with van der Waals surface area (Å²) >= 11 is 0. The van der Waals surface area contributed by atoms with E-state index >= 15 is 0 Å². The summed E-state index contributed by atoms with van der Waals surface area (Å²) in [6, 6.07) is 0. The fourth-order valence-corrected chi connectivity index (χ4v) is 0.636. The third-order valence-corrected chi connectivity index (χ3v) is 1.14. The van der Waals surface area contributed by atoms with Crippen LogP contribution in [0.4, 0.5) is 0 Å².